The molecule has 0 aliphatic carbocycles. The Labute approximate surface area is 106 Å². The SMILES string of the molecule is Nc1cc[c]cc1OCCN1CCCC(F)(F)C1. The van der Waals surface area contributed by atoms with Crippen LogP contribution in [-0.4, -0.2) is 37.1 Å². The summed E-state index contributed by atoms with van der Waals surface area (Å²) in [5, 5.41) is 0. The van der Waals surface area contributed by atoms with Crippen LogP contribution in [0.5, 0.6) is 5.75 Å². The maximum atomic E-state index is 13.2. The first-order valence-electron chi connectivity index (χ1n) is 6.05. The molecular weight excluding hydrogens is 238 g/mol. The van der Waals surface area contributed by atoms with Gasteiger partial charge in [0.1, 0.15) is 12.4 Å². The molecule has 1 aliphatic rings. The summed E-state index contributed by atoms with van der Waals surface area (Å²) in [6.07, 6.45) is 0.527. The van der Waals surface area contributed by atoms with Crippen molar-refractivity contribution in [3.8, 4) is 5.75 Å². The van der Waals surface area contributed by atoms with Gasteiger partial charge in [0.25, 0.3) is 5.92 Å². The number of anilines is 1. The number of hydrogen-bond acceptors (Lipinski definition) is 3. The van der Waals surface area contributed by atoms with Gasteiger partial charge in [-0.25, -0.2) is 8.78 Å². The molecule has 1 heterocycles. The fourth-order valence-corrected chi connectivity index (χ4v) is 2.07. The molecule has 5 heteroatoms. The van der Waals surface area contributed by atoms with E-state index in [4.69, 9.17) is 10.5 Å². The molecule has 0 saturated carbocycles. The van der Waals surface area contributed by atoms with E-state index in [0.717, 1.165) is 0 Å². The summed E-state index contributed by atoms with van der Waals surface area (Å²) in [7, 11) is 0. The molecule has 0 atom stereocenters. The second kappa shape index (κ2) is 5.52. The van der Waals surface area contributed by atoms with Crippen LogP contribution in [0.4, 0.5) is 14.5 Å². The van der Waals surface area contributed by atoms with Crippen molar-refractivity contribution in [1.82, 2.24) is 4.90 Å². The van der Waals surface area contributed by atoms with Crippen LogP contribution in [0.1, 0.15) is 12.8 Å². The molecule has 1 aromatic carbocycles. The molecule has 0 spiro atoms. The van der Waals surface area contributed by atoms with Gasteiger partial charge in [0.2, 0.25) is 0 Å². The molecule has 0 unspecified atom stereocenters. The van der Waals surface area contributed by atoms with Crippen molar-refractivity contribution < 1.29 is 13.5 Å². The fourth-order valence-electron chi connectivity index (χ4n) is 2.07. The molecular formula is C13H17F2N2O. The number of nitrogen functional groups attached to an aromatic ring is 1. The first-order chi connectivity index (χ1) is 8.57. The molecule has 1 aliphatic heterocycles. The topological polar surface area (TPSA) is 38.5 Å². The van der Waals surface area contributed by atoms with Crippen molar-refractivity contribution in [2.24, 2.45) is 0 Å². The molecule has 1 aromatic rings. The van der Waals surface area contributed by atoms with Gasteiger partial charge in [-0.05, 0) is 31.2 Å². The molecule has 1 saturated heterocycles. The Kier molecular flexibility index (Phi) is 4.01. The smallest absolute Gasteiger partial charge is 0.260 e. The zero-order valence-corrected chi connectivity index (χ0v) is 10.2. The zero-order chi connectivity index (χ0) is 13.0. The van der Waals surface area contributed by atoms with Crippen molar-refractivity contribution in [2.75, 3.05) is 32.0 Å². The van der Waals surface area contributed by atoms with Crippen LogP contribution >= 0.6 is 0 Å². The van der Waals surface area contributed by atoms with Gasteiger partial charge in [0, 0.05) is 13.0 Å². The number of ether oxygens (including phenoxy) is 1. The summed E-state index contributed by atoms with van der Waals surface area (Å²) in [5.41, 5.74) is 6.24. The van der Waals surface area contributed by atoms with E-state index in [-0.39, 0.29) is 13.0 Å². The lowest BCUT2D eigenvalue weighted by Crippen LogP contribution is -2.44. The van der Waals surface area contributed by atoms with Crippen LogP contribution in [-0.2, 0) is 0 Å². The number of alkyl halides is 2. The van der Waals surface area contributed by atoms with Gasteiger partial charge in [-0.15, -0.1) is 0 Å². The molecule has 18 heavy (non-hydrogen) atoms. The number of likely N-dealkylation sites (tertiary alicyclic amines) is 1. The van der Waals surface area contributed by atoms with E-state index < -0.39 is 5.92 Å². The van der Waals surface area contributed by atoms with Crippen LogP contribution in [0.3, 0.4) is 0 Å². The lowest BCUT2D eigenvalue weighted by Gasteiger charge is -2.32. The van der Waals surface area contributed by atoms with Crippen LogP contribution < -0.4 is 10.5 Å². The van der Waals surface area contributed by atoms with E-state index >= 15 is 0 Å². The van der Waals surface area contributed by atoms with Gasteiger partial charge >= 0.3 is 0 Å². The lowest BCUT2D eigenvalue weighted by molar-refractivity contribution is -0.0656. The molecule has 0 amide bonds. The highest BCUT2D eigenvalue weighted by molar-refractivity contribution is 5.51. The van der Waals surface area contributed by atoms with E-state index in [1.807, 2.05) is 0 Å². The summed E-state index contributed by atoms with van der Waals surface area (Å²) >= 11 is 0. The highest BCUT2D eigenvalue weighted by Crippen LogP contribution is 2.26. The minimum absolute atomic E-state index is 0.00898. The van der Waals surface area contributed by atoms with Crippen LogP contribution in [0.15, 0.2) is 18.2 Å². The number of halogens is 2. The second-order valence-corrected chi connectivity index (χ2v) is 4.55. The Balaban J connectivity index is 1.77. The highest BCUT2D eigenvalue weighted by Gasteiger charge is 2.34. The van der Waals surface area contributed by atoms with Crippen molar-refractivity contribution in [3.63, 3.8) is 0 Å². The standard InChI is InChI=1S/C13H17F2N2O/c14-13(15)6-3-7-17(10-13)8-9-18-12-5-2-1-4-11(12)16/h1,4-5H,3,6-10,16H2. The Morgan fingerprint density at radius 1 is 1.50 bits per heavy atom. The first kappa shape index (κ1) is 13.1. The fraction of sp³-hybridized carbons (Fsp3) is 0.538. The Bertz CT molecular complexity index is 398. The summed E-state index contributed by atoms with van der Waals surface area (Å²) in [4.78, 5) is 1.73. The number of piperidine rings is 1. The second-order valence-electron chi connectivity index (χ2n) is 4.55. The Morgan fingerprint density at radius 2 is 2.33 bits per heavy atom. The van der Waals surface area contributed by atoms with Gasteiger partial charge in [-0.2, -0.15) is 0 Å². The molecule has 99 valence electrons. The lowest BCUT2D eigenvalue weighted by atomic mass is 10.1. The van der Waals surface area contributed by atoms with Crippen LogP contribution in [0.25, 0.3) is 0 Å². The number of rotatable bonds is 4. The van der Waals surface area contributed by atoms with E-state index in [1.54, 1.807) is 23.1 Å². The minimum Gasteiger partial charge on any atom is -0.490 e. The van der Waals surface area contributed by atoms with Crippen LogP contribution in [0, 0.1) is 6.07 Å². The van der Waals surface area contributed by atoms with Gasteiger partial charge in [0.05, 0.1) is 12.2 Å². The number of nitrogens with zero attached hydrogens (tertiary/aromatic N) is 1. The Hall–Kier alpha value is -1.36. The van der Waals surface area contributed by atoms with E-state index in [1.165, 1.54) is 0 Å². The third kappa shape index (κ3) is 3.57. The summed E-state index contributed by atoms with van der Waals surface area (Å²) in [6.45, 7) is 1.38. The van der Waals surface area contributed by atoms with Crippen LogP contribution in [0.2, 0.25) is 0 Å². The molecule has 2 rings (SSSR count). The maximum absolute atomic E-state index is 13.2. The number of hydrogen-bond donors (Lipinski definition) is 1. The average Bonchev–Trinajstić information content (AvgIpc) is 2.30. The van der Waals surface area contributed by atoms with E-state index in [2.05, 4.69) is 6.07 Å². The average molecular weight is 255 g/mol. The quantitative estimate of drug-likeness (QED) is 0.838. The molecule has 1 radical (unpaired) electrons. The van der Waals surface area contributed by atoms with Crippen molar-refractivity contribution in [2.45, 2.75) is 18.8 Å². The highest BCUT2D eigenvalue weighted by atomic mass is 19.3. The number of nitrogens with two attached hydrogens (primary N) is 1. The molecule has 0 bridgehead atoms. The number of benzene rings is 1. The summed E-state index contributed by atoms with van der Waals surface area (Å²) < 4.78 is 31.8. The monoisotopic (exact) mass is 255 g/mol. The summed E-state index contributed by atoms with van der Waals surface area (Å²) in [6, 6.07) is 7.92. The predicted octanol–water partition coefficient (Wildman–Crippen LogP) is 2.18. The normalized spacial score (nSPS) is 19.7. The first-order valence-corrected chi connectivity index (χ1v) is 6.05. The van der Waals surface area contributed by atoms with Crippen molar-refractivity contribution in [1.29, 1.82) is 0 Å². The summed E-state index contributed by atoms with van der Waals surface area (Å²) in [5.74, 6) is -2.00. The predicted molar refractivity (Wildman–Crippen MR) is 65.8 cm³/mol. The van der Waals surface area contributed by atoms with Crippen molar-refractivity contribution >= 4 is 5.69 Å². The molecule has 0 aromatic heterocycles. The van der Waals surface area contributed by atoms with Gasteiger partial charge in [-0.3, -0.25) is 4.90 Å². The Morgan fingerprint density at radius 3 is 3.06 bits per heavy atom. The van der Waals surface area contributed by atoms with Gasteiger partial charge in [-0.1, -0.05) is 6.07 Å². The maximum Gasteiger partial charge on any atom is 0.260 e. The molecule has 1 fully saturated rings. The third-order valence-electron chi connectivity index (χ3n) is 2.99. The molecule has 3 nitrogen and oxygen atoms in total. The van der Waals surface area contributed by atoms with E-state index in [9.17, 15) is 8.78 Å². The van der Waals surface area contributed by atoms with Gasteiger partial charge in [0.15, 0.2) is 0 Å². The van der Waals surface area contributed by atoms with E-state index in [0.29, 0.717) is 37.6 Å². The molecule has 2 N–H and O–H groups in total. The van der Waals surface area contributed by atoms with Gasteiger partial charge < -0.3 is 10.5 Å². The largest absolute Gasteiger partial charge is 0.490 e. The zero-order valence-electron chi connectivity index (χ0n) is 10.2. The van der Waals surface area contributed by atoms with Crippen molar-refractivity contribution in [3.05, 3.63) is 24.3 Å². The minimum atomic E-state index is -2.56. The third-order valence-corrected chi connectivity index (χ3v) is 2.99.